The molecule has 0 aliphatic rings. The van der Waals surface area contributed by atoms with Crippen LogP contribution in [-0.2, 0) is 20.8 Å². The second-order valence-corrected chi connectivity index (χ2v) is 7.55. The highest BCUT2D eigenvalue weighted by atomic mass is 16.4. The number of carbonyl (C=O) groups is 3. The maximum absolute atomic E-state index is 12.7. The molecule has 0 saturated heterocycles. The van der Waals surface area contributed by atoms with Gasteiger partial charge in [-0.15, -0.1) is 0 Å². The van der Waals surface area contributed by atoms with Crippen molar-refractivity contribution < 1.29 is 19.5 Å². The molecule has 0 aliphatic carbocycles. The molecule has 0 aliphatic heterocycles. The van der Waals surface area contributed by atoms with Crippen molar-refractivity contribution in [2.24, 2.45) is 17.6 Å². The van der Waals surface area contributed by atoms with Gasteiger partial charge in [0.25, 0.3) is 0 Å². The molecular weight excluding hydrogens is 346 g/mol. The molecular formula is C20H31N3O4. The van der Waals surface area contributed by atoms with Crippen LogP contribution in [0.25, 0.3) is 0 Å². The van der Waals surface area contributed by atoms with Crippen LogP contribution in [0.3, 0.4) is 0 Å². The zero-order chi connectivity index (χ0) is 20.6. The summed E-state index contributed by atoms with van der Waals surface area (Å²) in [6.07, 6.45) is 0.551. The summed E-state index contributed by atoms with van der Waals surface area (Å²) in [5.74, 6) is -2.00. The van der Waals surface area contributed by atoms with Crippen LogP contribution in [0.2, 0.25) is 0 Å². The second-order valence-electron chi connectivity index (χ2n) is 7.55. The molecule has 0 bridgehead atoms. The Labute approximate surface area is 160 Å². The first-order chi connectivity index (χ1) is 12.6. The minimum absolute atomic E-state index is 0.0717. The molecule has 1 rings (SSSR count). The van der Waals surface area contributed by atoms with Crippen molar-refractivity contribution >= 4 is 17.8 Å². The normalized spacial score (nSPS) is 14.5. The van der Waals surface area contributed by atoms with Gasteiger partial charge in [0.05, 0.1) is 6.04 Å². The molecule has 0 saturated carbocycles. The average Bonchev–Trinajstić information content (AvgIpc) is 2.59. The van der Waals surface area contributed by atoms with E-state index in [2.05, 4.69) is 10.6 Å². The van der Waals surface area contributed by atoms with Crippen LogP contribution in [0, 0.1) is 11.8 Å². The van der Waals surface area contributed by atoms with Crippen LogP contribution in [0.5, 0.6) is 0 Å². The summed E-state index contributed by atoms with van der Waals surface area (Å²) in [5, 5.41) is 14.7. The highest BCUT2D eigenvalue weighted by Gasteiger charge is 2.29. The van der Waals surface area contributed by atoms with Gasteiger partial charge in [0, 0.05) is 6.42 Å². The lowest BCUT2D eigenvalue weighted by Crippen LogP contribution is -2.55. The van der Waals surface area contributed by atoms with Crippen LogP contribution >= 0.6 is 0 Å². The van der Waals surface area contributed by atoms with Gasteiger partial charge in [-0.3, -0.25) is 9.59 Å². The van der Waals surface area contributed by atoms with Crippen LogP contribution in [0.15, 0.2) is 30.3 Å². The Balaban J connectivity index is 2.85. The lowest BCUT2D eigenvalue weighted by Gasteiger charge is -2.25. The number of aliphatic carboxylic acids is 1. The van der Waals surface area contributed by atoms with E-state index in [0.717, 1.165) is 5.56 Å². The van der Waals surface area contributed by atoms with Crippen molar-refractivity contribution in [3.05, 3.63) is 35.9 Å². The first-order valence-electron chi connectivity index (χ1n) is 9.24. The van der Waals surface area contributed by atoms with E-state index >= 15 is 0 Å². The molecule has 3 atom stereocenters. The molecule has 0 unspecified atom stereocenters. The Hall–Kier alpha value is -2.41. The molecule has 7 nitrogen and oxygen atoms in total. The molecule has 0 spiro atoms. The van der Waals surface area contributed by atoms with Crippen molar-refractivity contribution in [1.29, 1.82) is 0 Å². The van der Waals surface area contributed by atoms with Gasteiger partial charge in [-0.1, -0.05) is 58.0 Å². The lowest BCUT2D eigenvalue weighted by atomic mass is 9.99. The largest absolute Gasteiger partial charge is 0.480 e. The SMILES string of the molecule is CC(C)C[C@H](NC(=O)[C@@H](N)C(C)C)C(=O)N[C@@H](Cc1ccccc1)C(=O)O. The molecule has 0 radical (unpaired) electrons. The third kappa shape index (κ3) is 7.78. The zero-order valence-electron chi connectivity index (χ0n) is 16.4. The van der Waals surface area contributed by atoms with E-state index in [4.69, 9.17) is 5.73 Å². The van der Waals surface area contributed by atoms with Crippen LogP contribution in [-0.4, -0.2) is 41.0 Å². The standard InChI is InChI=1S/C20H31N3O4/c1-12(2)10-15(22-19(25)17(21)13(3)4)18(24)23-16(20(26)27)11-14-8-6-5-7-9-14/h5-9,12-13,15-17H,10-11,21H2,1-4H3,(H,22,25)(H,23,24)(H,26,27)/t15-,16-,17-/m0/s1. The Kier molecular flexibility index (Phi) is 8.94. The van der Waals surface area contributed by atoms with Crippen LogP contribution in [0.1, 0.15) is 39.7 Å². The smallest absolute Gasteiger partial charge is 0.326 e. The Morgan fingerprint density at radius 3 is 2.00 bits per heavy atom. The maximum Gasteiger partial charge on any atom is 0.326 e. The number of carbonyl (C=O) groups excluding carboxylic acids is 2. The van der Waals surface area contributed by atoms with Crippen LogP contribution < -0.4 is 16.4 Å². The number of hydrogen-bond acceptors (Lipinski definition) is 4. The predicted octanol–water partition coefficient (Wildman–Crippen LogP) is 1.31. The van der Waals surface area contributed by atoms with E-state index in [1.807, 2.05) is 45.9 Å². The Bertz CT molecular complexity index is 631. The van der Waals surface area contributed by atoms with Gasteiger partial charge in [0.1, 0.15) is 12.1 Å². The number of nitrogens with two attached hydrogens (primary N) is 1. The average molecular weight is 377 g/mol. The molecule has 0 heterocycles. The molecule has 27 heavy (non-hydrogen) atoms. The van der Waals surface area contributed by atoms with Gasteiger partial charge in [-0.2, -0.15) is 0 Å². The summed E-state index contributed by atoms with van der Waals surface area (Å²) >= 11 is 0. The zero-order valence-corrected chi connectivity index (χ0v) is 16.4. The first kappa shape index (κ1) is 22.6. The Morgan fingerprint density at radius 1 is 0.963 bits per heavy atom. The van der Waals surface area contributed by atoms with Gasteiger partial charge in [-0.25, -0.2) is 4.79 Å². The minimum atomic E-state index is -1.12. The van der Waals surface area contributed by atoms with Crippen molar-refractivity contribution in [2.75, 3.05) is 0 Å². The number of rotatable bonds is 10. The van der Waals surface area contributed by atoms with Crippen LogP contribution in [0.4, 0.5) is 0 Å². The third-order valence-corrected chi connectivity index (χ3v) is 4.26. The van der Waals surface area contributed by atoms with Gasteiger partial charge in [0.15, 0.2) is 0 Å². The molecule has 150 valence electrons. The topological polar surface area (TPSA) is 122 Å². The van der Waals surface area contributed by atoms with Crippen molar-refractivity contribution in [3.8, 4) is 0 Å². The first-order valence-corrected chi connectivity index (χ1v) is 9.24. The summed E-state index contributed by atoms with van der Waals surface area (Å²) < 4.78 is 0. The maximum atomic E-state index is 12.7. The van der Waals surface area contributed by atoms with E-state index in [9.17, 15) is 19.5 Å². The van der Waals surface area contributed by atoms with E-state index < -0.39 is 35.9 Å². The summed E-state index contributed by atoms with van der Waals surface area (Å²) in [6, 6.07) is 6.42. The second kappa shape index (κ2) is 10.7. The van der Waals surface area contributed by atoms with Crippen molar-refractivity contribution in [2.45, 2.75) is 58.7 Å². The number of carboxylic acids is 1. The van der Waals surface area contributed by atoms with E-state index in [-0.39, 0.29) is 18.3 Å². The monoisotopic (exact) mass is 377 g/mol. The van der Waals surface area contributed by atoms with Gasteiger partial charge in [0.2, 0.25) is 11.8 Å². The summed E-state index contributed by atoms with van der Waals surface area (Å²) in [6.45, 7) is 7.49. The number of hydrogen-bond donors (Lipinski definition) is 4. The molecule has 2 amide bonds. The number of amides is 2. The summed E-state index contributed by atoms with van der Waals surface area (Å²) in [4.78, 5) is 36.5. The van der Waals surface area contributed by atoms with Gasteiger partial charge < -0.3 is 21.5 Å². The summed E-state index contributed by atoms with van der Waals surface area (Å²) in [7, 11) is 0. The number of carboxylic acid groups (broad SMARTS) is 1. The fraction of sp³-hybridized carbons (Fsp3) is 0.550. The van der Waals surface area contributed by atoms with E-state index in [0.29, 0.717) is 6.42 Å². The highest BCUT2D eigenvalue weighted by molar-refractivity contribution is 5.91. The number of benzene rings is 1. The predicted molar refractivity (Wildman–Crippen MR) is 104 cm³/mol. The molecule has 1 aromatic rings. The summed E-state index contributed by atoms with van der Waals surface area (Å²) in [5.41, 5.74) is 6.66. The minimum Gasteiger partial charge on any atom is -0.480 e. The molecule has 1 aromatic carbocycles. The number of nitrogens with one attached hydrogen (secondary N) is 2. The molecule has 5 N–H and O–H groups in total. The Morgan fingerprint density at radius 2 is 1.52 bits per heavy atom. The van der Waals surface area contributed by atoms with Gasteiger partial charge >= 0.3 is 5.97 Å². The fourth-order valence-electron chi connectivity index (χ4n) is 2.60. The molecule has 7 heteroatoms. The van der Waals surface area contributed by atoms with E-state index in [1.54, 1.807) is 12.1 Å². The quantitative estimate of drug-likeness (QED) is 0.490. The highest BCUT2D eigenvalue weighted by Crippen LogP contribution is 2.09. The third-order valence-electron chi connectivity index (χ3n) is 4.26. The van der Waals surface area contributed by atoms with E-state index in [1.165, 1.54) is 0 Å². The van der Waals surface area contributed by atoms with Crippen molar-refractivity contribution in [3.63, 3.8) is 0 Å². The van der Waals surface area contributed by atoms with Gasteiger partial charge in [-0.05, 0) is 23.8 Å². The fourth-order valence-corrected chi connectivity index (χ4v) is 2.60. The van der Waals surface area contributed by atoms with Crippen molar-refractivity contribution in [1.82, 2.24) is 10.6 Å². The molecule has 0 aromatic heterocycles. The molecule has 0 fully saturated rings. The lowest BCUT2D eigenvalue weighted by molar-refractivity contribution is -0.142.